The Balaban J connectivity index is 1.94. The third kappa shape index (κ3) is 2.05. The van der Waals surface area contributed by atoms with Gasteiger partial charge >= 0.3 is 0 Å². The lowest BCUT2D eigenvalue weighted by atomic mass is 9.89. The summed E-state index contributed by atoms with van der Waals surface area (Å²) < 4.78 is 0. The third-order valence-corrected chi connectivity index (χ3v) is 3.60. The Morgan fingerprint density at radius 2 is 1.31 bits per heavy atom. The zero-order chi connectivity index (χ0) is 9.15. The summed E-state index contributed by atoms with van der Waals surface area (Å²) >= 11 is 0. The SMILES string of the molecule is OC1(N2CCCCC2)CCCCC1. The van der Waals surface area contributed by atoms with Crippen LogP contribution in [0.25, 0.3) is 0 Å². The van der Waals surface area contributed by atoms with E-state index in [4.69, 9.17) is 0 Å². The molecule has 0 amide bonds. The van der Waals surface area contributed by atoms with Gasteiger partial charge in [0.25, 0.3) is 0 Å². The van der Waals surface area contributed by atoms with E-state index in [0.29, 0.717) is 0 Å². The normalized spacial score (nSPS) is 30.2. The molecule has 1 N–H and O–H groups in total. The largest absolute Gasteiger partial charge is 0.376 e. The topological polar surface area (TPSA) is 23.5 Å². The van der Waals surface area contributed by atoms with Gasteiger partial charge in [-0.1, -0.05) is 12.8 Å². The quantitative estimate of drug-likeness (QED) is 0.673. The number of hydrogen-bond acceptors (Lipinski definition) is 2. The van der Waals surface area contributed by atoms with Crippen LogP contribution in [0.15, 0.2) is 0 Å². The molecule has 0 aromatic heterocycles. The van der Waals surface area contributed by atoms with Gasteiger partial charge in [-0.2, -0.15) is 0 Å². The maximum atomic E-state index is 10.4. The maximum Gasteiger partial charge on any atom is 0.118 e. The average Bonchev–Trinajstić information content (AvgIpc) is 2.20. The van der Waals surface area contributed by atoms with Crippen molar-refractivity contribution in [3.63, 3.8) is 0 Å². The van der Waals surface area contributed by atoms with Gasteiger partial charge in [0.15, 0.2) is 0 Å². The van der Waals surface area contributed by atoms with E-state index < -0.39 is 5.72 Å². The molecule has 0 aromatic rings. The minimum atomic E-state index is -0.418. The Hall–Kier alpha value is -0.0800. The fourth-order valence-electron chi connectivity index (χ4n) is 2.74. The van der Waals surface area contributed by atoms with Crippen molar-refractivity contribution in [2.75, 3.05) is 13.1 Å². The molecule has 0 spiro atoms. The molecule has 2 fully saturated rings. The Morgan fingerprint density at radius 3 is 1.92 bits per heavy atom. The van der Waals surface area contributed by atoms with Crippen LogP contribution in [-0.2, 0) is 0 Å². The molecule has 0 atom stereocenters. The Kier molecular flexibility index (Phi) is 2.89. The van der Waals surface area contributed by atoms with Crippen molar-refractivity contribution in [3.05, 3.63) is 0 Å². The number of nitrogens with zero attached hydrogens (tertiary/aromatic N) is 1. The van der Waals surface area contributed by atoms with E-state index in [1.807, 2.05) is 0 Å². The van der Waals surface area contributed by atoms with Gasteiger partial charge in [0, 0.05) is 13.1 Å². The summed E-state index contributed by atoms with van der Waals surface area (Å²) in [4.78, 5) is 2.33. The lowest BCUT2D eigenvalue weighted by Crippen LogP contribution is -2.51. The fraction of sp³-hybridized carbons (Fsp3) is 1.00. The molecule has 13 heavy (non-hydrogen) atoms. The first-order valence-corrected chi connectivity index (χ1v) is 5.79. The van der Waals surface area contributed by atoms with Crippen LogP contribution in [-0.4, -0.2) is 28.8 Å². The highest BCUT2D eigenvalue weighted by molar-refractivity contribution is 4.84. The Bertz CT molecular complexity index is 157. The summed E-state index contributed by atoms with van der Waals surface area (Å²) in [5.41, 5.74) is -0.418. The molecule has 1 heterocycles. The Labute approximate surface area is 80.9 Å². The standard InChI is InChI=1S/C11H21NO/c13-11(7-3-1-4-8-11)12-9-5-2-6-10-12/h13H,1-10H2. The number of hydrogen-bond donors (Lipinski definition) is 1. The second-order valence-corrected chi connectivity index (χ2v) is 4.59. The molecule has 2 rings (SSSR count). The van der Waals surface area contributed by atoms with Crippen molar-refractivity contribution >= 4 is 0 Å². The van der Waals surface area contributed by atoms with Gasteiger partial charge in [0.1, 0.15) is 5.72 Å². The number of rotatable bonds is 1. The van der Waals surface area contributed by atoms with Crippen LogP contribution in [0.2, 0.25) is 0 Å². The Morgan fingerprint density at radius 1 is 0.769 bits per heavy atom. The number of aliphatic hydroxyl groups is 1. The van der Waals surface area contributed by atoms with E-state index >= 15 is 0 Å². The van der Waals surface area contributed by atoms with E-state index in [0.717, 1.165) is 25.9 Å². The van der Waals surface area contributed by atoms with Crippen molar-refractivity contribution < 1.29 is 5.11 Å². The van der Waals surface area contributed by atoms with Crippen molar-refractivity contribution in [2.45, 2.75) is 57.1 Å². The molecule has 76 valence electrons. The average molecular weight is 183 g/mol. The molecule has 1 aliphatic heterocycles. The summed E-state index contributed by atoms with van der Waals surface area (Å²) in [5, 5.41) is 10.4. The molecule has 1 saturated carbocycles. The summed E-state index contributed by atoms with van der Waals surface area (Å²) in [5.74, 6) is 0. The van der Waals surface area contributed by atoms with Gasteiger partial charge in [-0.05, 0) is 38.5 Å². The molecular weight excluding hydrogens is 162 g/mol. The maximum absolute atomic E-state index is 10.4. The zero-order valence-electron chi connectivity index (χ0n) is 8.47. The van der Waals surface area contributed by atoms with Gasteiger partial charge in [-0.25, -0.2) is 0 Å². The second kappa shape index (κ2) is 3.97. The van der Waals surface area contributed by atoms with Gasteiger partial charge in [-0.3, -0.25) is 4.90 Å². The molecule has 0 aromatic carbocycles. The van der Waals surface area contributed by atoms with E-state index in [9.17, 15) is 5.11 Å². The first-order valence-electron chi connectivity index (χ1n) is 5.79. The van der Waals surface area contributed by atoms with Crippen LogP contribution in [0.1, 0.15) is 51.4 Å². The second-order valence-electron chi connectivity index (χ2n) is 4.59. The molecule has 2 aliphatic rings. The molecule has 1 aliphatic carbocycles. The first kappa shape index (κ1) is 9.47. The van der Waals surface area contributed by atoms with Crippen molar-refractivity contribution in [3.8, 4) is 0 Å². The van der Waals surface area contributed by atoms with Gasteiger partial charge in [-0.15, -0.1) is 0 Å². The van der Waals surface area contributed by atoms with Gasteiger partial charge < -0.3 is 5.11 Å². The van der Waals surface area contributed by atoms with Crippen molar-refractivity contribution in [2.24, 2.45) is 0 Å². The van der Waals surface area contributed by atoms with Crippen LogP contribution in [0.3, 0.4) is 0 Å². The monoisotopic (exact) mass is 183 g/mol. The highest BCUT2D eigenvalue weighted by atomic mass is 16.3. The predicted octanol–water partition coefficient (Wildman–Crippen LogP) is 2.12. The zero-order valence-corrected chi connectivity index (χ0v) is 8.47. The summed E-state index contributed by atoms with van der Waals surface area (Å²) in [6, 6.07) is 0. The molecule has 2 heteroatoms. The van der Waals surface area contributed by atoms with E-state index in [1.54, 1.807) is 0 Å². The summed E-state index contributed by atoms with van der Waals surface area (Å²) in [6.45, 7) is 2.24. The van der Waals surface area contributed by atoms with E-state index in [1.165, 1.54) is 38.5 Å². The first-order chi connectivity index (χ1) is 6.31. The highest BCUT2D eigenvalue weighted by Gasteiger charge is 2.35. The smallest absolute Gasteiger partial charge is 0.118 e. The van der Waals surface area contributed by atoms with Crippen molar-refractivity contribution in [1.29, 1.82) is 0 Å². The van der Waals surface area contributed by atoms with E-state index in [-0.39, 0.29) is 0 Å². The highest BCUT2D eigenvalue weighted by Crippen LogP contribution is 2.32. The lowest BCUT2D eigenvalue weighted by molar-refractivity contribution is -0.138. The van der Waals surface area contributed by atoms with Gasteiger partial charge in [0.05, 0.1) is 0 Å². The molecule has 1 saturated heterocycles. The molecule has 2 nitrogen and oxygen atoms in total. The number of piperidine rings is 1. The van der Waals surface area contributed by atoms with Crippen LogP contribution in [0, 0.1) is 0 Å². The third-order valence-electron chi connectivity index (χ3n) is 3.60. The molecule has 0 bridgehead atoms. The van der Waals surface area contributed by atoms with Crippen molar-refractivity contribution in [1.82, 2.24) is 4.90 Å². The summed E-state index contributed by atoms with van der Waals surface area (Å²) in [7, 11) is 0. The van der Waals surface area contributed by atoms with E-state index in [2.05, 4.69) is 4.90 Å². The predicted molar refractivity (Wildman–Crippen MR) is 53.5 cm³/mol. The van der Waals surface area contributed by atoms with Gasteiger partial charge in [0.2, 0.25) is 0 Å². The summed E-state index contributed by atoms with van der Waals surface area (Å²) in [6.07, 6.45) is 9.67. The lowest BCUT2D eigenvalue weighted by Gasteiger charge is -2.44. The molecule has 0 radical (unpaired) electrons. The number of likely N-dealkylation sites (tertiary alicyclic amines) is 1. The fourth-order valence-corrected chi connectivity index (χ4v) is 2.74. The van der Waals surface area contributed by atoms with Crippen LogP contribution in [0.4, 0.5) is 0 Å². The molecular formula is C11H21NO. The van der Waals surface area contributed by atoms with Crippen LogP contribution >= 0.6 is 0 Å². The van der Waals surface area contributed by atoms with Crippen LogP contribution < -0.4 is 0 Å². The minimum absolute atomic E-state index is 0.418. The molecule has 0 unspecified atom stereocenters. The van der Waals surface area contributed by atoms with Crippen LogP contribution in [0.5, 0.6) is 0 Å². The minimum Gasteiger partial charge on any atom is -0.376 e.